The maximum Gasteiger partial charge on any atom is 0.235 e. The Morgan fingerprint density at radius 3 is 2.78 bits per heavy atom. The zero-order valence-corrected chi connectivity index (χ0v) is 12.1. The van der Waals surface area contributed by atoms with E-state index >= 15 is 0 Å². The van der Waals surface area contributed by atoms with Gasteiger partial charge in [-0.2, -0.15) is 4.99 Å². The van der Waals surface area contributed by atoms with Crippen molar-refractivity contribution in [1.82, 2.24) is 0 Å². The van der Waals surface area contributed by atoms with E-state index in [-0.39, 0.29) is 5.54 Å². The van der Waals surface area contributed by atoms with Crippen LogP contribution in [0.3, 0.4) is 0 Å². The molecule has 0 amide bonds. The van der Waals surface area contributed by atoms with E-state index in [0.717, 1.165) is 18.8 Å². The van der Waals surface area contributed by atoms with E-state index in [1.54, 1.807) is 0 Å². The van der Waals surface area contributed by atoms with Crippen LogP contribution in [0.25, 0.3) is 0 Å². The molecule has 2 aliphatic rings. The van der Waals surface area contributed by atoms with Crippen molar-refractivity contribution in [2.75, 3.05) is 0 Å². The molecule has 0 spiro atoms. The van der Waals surface area contributed by atoms with Gasteiger partial charge in [-0.15, -0.1) is 0 Å². The molecule has 0 radical (unpaired) electrons. The molecule has 0 unspecified atom stereocenters. The van der Waals surface area contributed by atoms with Crippen LogP contribution in [0.4, 0.5) is 0 Å². The van der Waals surface area contributed by atoms with Gasteiger partial charge in [0.1, 0.15) is 0 Å². The molecule has 2 rings (SSSR count). The highest BCUT2D eigenvalue weighted by molar-refractivity contribution is 5.35. The van der Waals surface area contributed by atoms with Crippen LogP contribution in [-0.2, 0) is 4.79 Å². The van der Waals surface area contributed by atoms with E-state index in [1.165, 1.54) is 18.4 Å². The lowest BCUT2D eigenvalue weighted by molar-refractivity contribution is 0.0679. The molecule has 1 saturated carbocycles. The Morgan fingerprint density at radius 1 is 1.44 bits per heavy atom. The highest BCUT2D eigenvalue weighted by Gasteiger charge is 2.47. The summed E-state index contributed by atoms with van der Waals surface area (Å²) < 4.78 is 0. The van der Waals surface area contributed by atoms with E-state index in [4.69, 9.17) is 0 Å². The summed E-state index contributed by atoms with van der Waals surface area (Å²) in [6.45, 7) is 9.04. The van der Waals surface area contributed by atoms with Gasteiger partial charge in [-0.25, -0.2) is 4.79 Å². The molecule has 0 bridgehead atoms. The molecular formula is C16H25NO. The normalized spacial score (nSPS) is 39.8. The van der Waals surface area contributed by atoms with Gasteiger partial charge in [0.2, 0.25) is 6.08 Å². The zero-order valence-electron chi connectivity index (χ0n) is 12.1. The molecular weight excluding hydrogens is 222 g/mol. The molecule has 2 heteroatoms. The Hall–Kier alpha value is -0.880. The highest BCUT2D eigenvalue weighted by Crippen LogP contribution is 2.51. The third kappa shape index (κ3) is 2.31. The minimum atomic E-state index is -0.172. The average Bonchev–Trinajstić information content (AvgIpc) is 2.28. The Bertz CT molecular complexity index is 392. The van der Waals surface area contributed by atoms with Gasteiger partial charge >= 0.3 is 0 Å². The molecule has 0 aromatic heterocycles. The summed E-state index contributed by atoms with van der Waals surface area (Å²) in [7, 11) is 0. The zero-order chi connectivity index (χ0) is 13.3. The number of allylic oxidation sites excluding steroid dienone is 2. The first-order chi connectivity index (χ1) is 8.48. The average molecular weight is 247 g/mol. The summed E-state index contributed by atoms with van der Waals surface area (Å²) in [5.74, 6) is 2.60. The molecule has 4 atom stereocenters. The van der Waals surface area contributed by atoms with E-state index in [9.17, 15) is 4.79 Å². The van der Waals surface area contributed by atoms with Crippen molar-refractivity contribution in [2.24, 2.45) is 28.7 Å². The number of hydrogen-bond donors (Lipinski definition) is 0. The lowest BCUT2D eigenvalue weighted by Gasteiger charge is -2.49. The van der Waals surface area contributed by atoms with Crippen LogP contribution in [0.1, 0.15) is 53.4 Å². The molecule has 2 aliphatic carbocycles. The summed E-state index contributed by atoms with van der Waals surface area (Å²) in [5, 5.41) is 0. The van der Waals surface area contributed by atoms with Gasteiger partial charge in [0.05, 0.1) is 5.54 Å². The second-order valence-corrected chi connectivity index (χ2v) is 6.74. The third-order valence-electron chi connectivity index (χ3n) is 5.23. The number of fused-ring (bicyclic) bond motifs is 1. The van der Waals surface area contributed by atoms with Crippen molar-refractivity contribution < 1.29 is 4.79 Å². The lowest BCUT2D eigenvalue weighted by atomic mass is 9.57. The van der Waals surface area contributed by atoms with Crippen LogP contribution in [0.2, 0.25) is 0 Å². The second-order valence-electron chi connectivity index (χ2n) is 6.74. The number of aliphatic imine (C=N–C) groups is 1. The van der Waals surface area contributed by atoms with Gasteiger partial charge in [-0.3, -0.25) is 0 Å². The van der Waals surface area contributed by atoms with Crippen molar-refractivity contribution in [3.8, 4) is 0 Å². The van der Waals surface area contributed by atoms with Crippen molar-refractivity contribution in [3.63, 3.8) is 0 Å². The molecule has 1 fully saturated rings. The standard InChI is InChI=1S/C16H25NO/c1-11(2)13-7-8-16(4,17-10-18)15-6-5-12(3)9-14(13)15/h9,11,13-15H,5-8H2,1-4H3/t13-,14-,15+,16+/m1/s1. The molecule has 0 aromatic rings. The van der Waals surface area contributed by atoms with E-state index in [2.05, 4.69) is 38.8 Å². The van der Waals surface area contributed by atoms with Crippen LogP contribution in [0, 0.1) is 23.7 Å². The Kier molecular flexibility index (Phi) is 3.77. The largest absolute Gasteiger partial charge is 0.235 e. The molecule has 100 valence electrons. The first-order valence-corrected chi connectivity index (χ1v) is 7.24. The molecule has 0 saturated heterocycles. The topological polar surface area (TPSA) is 29.4 Å². The maximum absolute atomic E-state index is 10.7. The van der Waals surface area contributed by atoms with Gasteiger partial charge in [0.25, 0.3) is 0 Å². The van der Waals surface area contributed by atoms with E-state index in [0.29, 0.717) is 17.8 Å². The van der Waals surface area contributed by atoms with E-state index < -0.39 is 0 Å². The van der Waals surface area contributed by atoms with Crippen LogP contribution in [0.5, 0.6) is 0 Å². The predicted molar refractivity (Wildman–Crippen MR) is 74.1 cm³/mol. The summed E-state index contributed by atoms with van der Waals surface area (Å²) in [6.07, 6.45) is 8.86. The molecule has 2 nitrogen and oxygen atoms in total. The summed E-state index contributed by atoms with van der Waals surface area (Å²) in [6, 6.07) is 0. The number of carbonyl (C=O) groups excluding carboxylic acids is 1. The first-order valence-electron chi connectivity index (χ1n) is 7.24. The first kappa shape index (κ1) is 13.5. The van der Waals surface area contributed by atoms with E-state index in [1.807, 2.05) is 6.08 Å². The fraction of sp³-hybridized carbons (Fsp3) is 0.812. The number of hydrogen-bond acceptors (Lipinski definition) is 2. The van der Waals surface area contributed by atoms with Crippen LogP contribution < -0.4 is 0 Å². The number of nitrogens with zero attached hydrogens (tertiary/aromatic N) is 1. The lowest BCUT2D eigenvalue weighted by Crippen LogP contribution is -2.47. The summed E-state index contributed by atoms with van der Waals surface area (Å²) >= 11 is 0. The smallest absolute Gasteiger partial charge is 0.211 e. The van der Waals surface area contributed by atoms with Crippen molar-refractivity contribution in [1.29, 1.82) is 0 Å². The maximum atomic E-state index is 10.7. The second kappa shape index (κ2) is 5.01. The minimum absolute atomic E-state index is 0.172. The molecule has 18 heavy (non-hydrogen) atoms. The van der Waals surface area contributed by atoms with Crippen molar-refractivity contribution in [2.45, 2.75) is 58.9 Å². The monoisotopic (exact) mass is 247 g/mol. The predicted octanol–water partition coefficient (Wildman–Crippen LogP) is 4.12. The molecule has 0 aliphatic heterocycles. The third-order valence-corrected chi connectivity index (χ3v) is 5.23. The van der Waals surface area contributed by atoms with Crippen LogP contribution >= 0.6 is 0 Å². The Labute approximate surface area is 111 Å². The fourth-order valence-electron chi connectivity index (χ4n) is 4.11. The van der Waals surface area contributed by atoms with Gasteiger partial charge in [-0.1, -0.05) is 25.5 Å². The highest BCUT2D eigenvalue weighted by atomic mass is 16.1. The van der Waals surface area contributed by atoms with Crippen LogP contribution in [-0.4, -0.2) is 11.6 Å². The molecule has 0 heterocycles. The van der Waals surface area contributed by atoms with Crippen LogP contribution in [0.15, 0.2) is 16.6 Å². The summed E-state index contributed by atoms with van der Waals surface area (Å²) in [5.41, 5.74) is 1.34. The Balaban J connectivity index is 2.34. The quantitative estimate of drug-likeness (QED) is 0.410. The van der Waals surface area contributed by atoms with Crippen molar-refractivity contribution >= 4 is 6.08 Å². The van der Waals surface area contributed by atoms with Gasteiger partial charge < -0.3 is 0 Å². The molecule has 0 aromatic carbocycles. The minimum Gasteiger partial charge on any atom is -0.211 e. The van der Waals surface area contributed by atoms with Gasteiger partial charge in [-0.05, 0) is 63.2 Å². The van der Waals surface area contributed by atoms with Gasteiger partial charge in [0, 0.05) is 0 Å². The summed E-state index contributed by atoms with van der Waals surface area (Å²) in [4.78, 5) is 14.9. The van der Waals surface area contributed by atoms with Crippen molar-refractivity contribution in [3.05, 3.63) is 11.6 Å². The Morgan fingerprint density at radius 2 is 2.17 bits per heavy atom. The van der Waals surface area contributed by atoms with Gasteiger partial charge in [0.15, 0.2) is 0 Å². The number of rotatable bonds is 2. The SMILES string of the molecule is CC1=C[C@@H]2[C@@H](C(C)C)CC[C@](C)(N=C=O)[C@H]2CC1. The molecule has 0 N–H and O–H groups in total. The fourth-order valence-corrected chi connectivity index (χ4v) is 4.11. The number of isocyanates is 1.